The second-order valence-corrected chi connectivity index (χ2v) is 8.72. The Morgan fingerprint density at radius 3 is 2.70 bits per heavy atom. The Labute approximate surface area is 166 Å². The van der Waals surface area contributed by atoms with Crippen LogP contribution in [0.3, 0.4) is 0 Å². The number of aromatic nitrogens is 1. The summed E-state index contributed by atoms with van der Waals surface area (Å²) in [5, 5.41) is 13.2. The molecule has 3 rings (SSSR count). The maximum Gasteiger partial charge on any atom is 0.256 e. The molecule has 4 N–H and O–H groups in total. The zero-order valence-corrected chi connectivity index (χ0v) is 16.7. The average Bonchev–Trinajstić information content (AvgIpc) is 2.98. The summed E-state index contributed by atoms with van der Waals surface area (Å²) in [7, 11) is 0. The molecule has 27 heavy (non-hydrogen) atoms. The quantitative estimate of drug-likeness (QED) is 0.705. The number of hydrogen-bond acceptors (Lipinski definition) is 5. The van der Waals surface area contributed by atoms with Gasteiger partial charge in [0.25, 0.3) is 11.5 Å². The van der Waals surface area contributed by atoms with Crippen LogP contribution in [0.4, 0.5) is 0 Å². The van der Waals surface area contributed by atoms with E-state index in [2.05, 4.69) is 5.32 Å². The van der Waals surface area contributed by atoms with Crippen LogP contribution in [0, 0.1) is 0 Å². The fourth-order valence-corrected chi connectivity index (χ4v) is 4.20. The van der Waals surface area contributed by atoms with Crippen LogP contribution in [0.5, 0.6) is 0 Å². The predicted octanol–water partition coefficient (Wildman–Crippen LogP) is 2.16. The topological polar surface area (TPSA) is 97.3 Å². The van der Waals surface area contributed by atoms with E-state index in [0.717, 1.165) is 5.56 Å². The highest BCUT2D eigenvalue weighted by Crippen LogP contribution is 2.37. The van der Waals surface area contributed by atoms with Crippen LogP contribution in [-0.2, 0) is 6.54 Å². The number of thioether (sulfide) groups is 1. The molecule has 0 saturated heterocycles. The summed E-state index contributed by atoms with van der Waals surface area (Å²) in [4.78, 5) is 26.2. The summed E-state index contributed by atoms with van der Waals surface area (Å²) in [6.45, 7) is 3.65. The van der Waals surface area contributed by atoms with Crippen LogP contribution in [0.15, 0.2) is 40.2 Å². The number of carbonyl (C=O) groups excluding carboxylic acids is 1. The van der Waals surface area contributed by atoms with E-state index >= 15 is 0 Å². The molecule has 0 spiro atoms. The third-order valence-corrected chi connectivity index (χ3v) is 5.74. The number of nitrogens with one attached hydrogen (secondary N) is 1. The van der Waals surface area contributed by atoms with Crippen molar-refractivity contribution in [1.82, 2.24) is 9.88 Å². The molecule has 1 aromatic carbocycles. The number of hydrogen-bond donors (Lipinski definition) is 3. The van der Waals surface area contributed by atoms with Crippen molar-refractivity contribution in [1.29, 1.82) is 0 Å². The van der Waals surface area contributed by atoms with Crippen molar-refractivity contribution in [2.75, 3.05) is 12.3 Å². The SMILES string of the molecule is CC(C)(O)CNC(=O)c1cn(Cc2ccc(Cl)cc2)c(=O)c2c1SC[C@@H]2N. The van der Waals surface area contributed by atoms with Crippen LogP contribution in [0.2, 0.25) is 5.02 Å². The lowest BCUT2D eigenvalue weighted by Gasteiger charge is -2.19. The fraction of sp³-hybridized carbons (Fsp3) is 0.368. The summed E-state index contributed by atoms with van der Waals surface area (Å²) in [6.07, 6.45) is 1.57. The van der Waals surface area contributed by atoms with Gasteiger partial charge in [0.2, 0.25) is 0 Å². The lowest BCUT2D eigenvalue weighted by Crippen LogP contribution is -2.39. The first-order valence-electron chi connectivity index (χ1n) is 8.56. The van der Waals surface area contributed by atoms with E-state index in [1.165, 1.54) is 16.3 Å². The van der Waals surface area contributed by atoms with Gasteiger partial charge in [0.05, 0.1) is 17.7 Å². The number of carbonyl (C=O) groups is 1. The van der Waals surface area contributed by atoms with Gasteiger partial charge >= 0.3 is 0 Å². The number of amides is 1. The number of benzene rings is 1. The van der Waals surface area contributed by atoms with Gasteiger partial charge in [0.1, 0.15) is 0 Å². The van der Waals surface area contributed by atoms with Crippen molar-refractivity contribution in [2.45, 2.75) is 36.9 Å². The molecule has 0 fully saturated rings. The maximum atomic E-state index is 12.9. The van der Waals surface area contributed by atoms with Crippen molar-refractivity contribution in [3.8, 4) is 0 Å². The molecule has 6 nitrogen and oxygen atoms in total. The average molecular weight is 408 g/mol. The van der Waals surface area contributed by atoms with Gasteiger partial charge in [0, 0.05) is 40.0 Å². The highest BCUT2D eigenvalue weighted by Gasteiger charge is 2.30. The van der Waals surface area contributed by atoms with Crippen molar-refractivity contribution < 1.29 is 9.90 Å². The third-order valence-electron chi connectivity index (χ3n) is 4.24. The monoisotopic (exact) mass is 407 g/mol. The Bertz CT molecular complexity index is 920. The smallest absolute Gasteiger partial charge is 0.256 e. The van der Waals surface area contributed by atoms with Gasteiger partial charge in [-0.3, -0.25) is 9.59 Å². The summed E-state index contributed by atoms with van der Waals surface area (Å²) >= 11 is 7.34. The van der Waals surface area contributed by atoms with E-state index in [4.69, 9.17) is 17.3 Å². The number of pyridine rings is 1. The highest BCUT2D eigenvalue weighted by molar-refractivity contribution is 7.99. The Kier molecular flexibility index (Phi) is 5.67. The highest BCUT2D eigenvalue weighted by atomic mass is 35.5. The summed E-state index contributed by atoms with van der Waals surface area (Å²) in [6, 6.07) is 6.79. The molecule has 0 aliphatic carbocycles. The minimum Gasteiger partial charge on any atom is -0.389 e. The Morgan fingerprint density at radius 2 is 2.07 bits per heavy atom. The molecular formula is C19H22ClN3O3S. The molecule has 0 bridgehead atoms. The Morgan fingerprint density at radius 1 is 1.41 bits per heavy atom. The zero-order valence-electron chi connectivity index (χ0n) is 15.2. The number of nitrogens with zero attached hydrogens (tertiary/aromatic N) is 1. The summed E-state index contributed by atoms with van der Waals surface area (Å²) in [5.41, 5.74) is 6.68. The van der Waals surface area contributed by atoms with Gasteiger partial charge in [-0.1, -0.05) is 23.7 Å². The number of rotatable bonds is 5. The van der Waals surface area contributed by atoms with E-state index in [0.29, 0.717) is 33.3 Å². The molecule has 1 aliphatic rings. The largest absolute Gasteiger partial charge is 0.389 e. The van der Waals surface area contributed by atoms with Crippen LogP contribution >= 0.6 is 23.4 Å². The van der Waals surface area contributed by atoms with E-state index in [1.54, 1.807) is 32.2 Å². The van der Waals surface area contributed by atoms with E-state index < -0.39 is 11.6 Å². The molecule has 0 radical (unpaired) electrons. The maximum absolute atomic E-state index is 12.9. The van der Waals surface area contributed by atoms with E-state index in [9.17, 15) is 14.7 Å². The standard InChI is InChI=1S/C19H22ClN3O3S/c1-19(2,26)10-22-17(24)13-8-23(7-11-3-5-12(20)6-4-11)18(25)15-14(21)9-27-16(13)15/h3-6,8,14,26H,7,9-10,21H2,1-2H3,(H,22,24)/t14-/m0/s1. The first kappa shape index (κ1) is 19.9. The minimum absolute atomic E-state index is 0.105. The van der Waals surface area contributed by atoms with Gasteiger partial charge in [-0.2, -0.15) is 0 Å². The van der Waals surface area contributed by atoms with Crippen molar-refractivity contribution in [2.24, 2.45) is 5.73 Å². The molecule has 0 unspecified atom stereocenters. The fourth-order valence-electron chi connectivity index (χ4n) is 2.87. The first-order chi connectivity index (χ1) is 12.7. The molecule has 2 aromatic rings. The van der Waals surface area contributed by atoms with Gasteiger partial charge < -0.3 is 20.7 Å². The van der Waals surface area contributed by atoms with Gasteiger partial charge in [-0.05, 0) is 31.5 Å². The molecule has 1 amide bonds. The van der Waals surface area contributed by atoms with Crippen LogP contribution in [0.25, 0.3) is 0 Å². The molecule has 144 valence electrons. The van der Waals surface area contributed by atoms with Crippen molar-refractivity contribution >= 4 is 29.3 Å². The first-order valence-corrected chi connectivity index (χ1v) is 9.93. The molecular weight excluding hydrogens is 386 g/mol. The number of halogens is 1. The number of fused-ring (bicyclic) bond motifs is 1. The van der Waals surface area contributed by atoms with Crippen LogP contribution in [0.1, 0.15) is 41.4 Å². The molecule has 0 saturated carbocycles. The van der Waals surface area contributed by atoms with Crippen molar-refractivity contribution in [3.05, 3.63) is 62.5 Å². The van der Waals surface area contributed by atoms with Crippen molar-refractivity contribution in [3.63, 3.8) is 0 Å². The predicted molar refractivity (Wildman–Crippen MR) is 108 cm³/mol. The summed E-state index contributed by atoms with van der Waals surface area (Å²) in [5.74, 6) is 0.223. The van der Waals surface area contributed by atoms with E-state index in [-0.39, 0.29) is 18.0 Å². The molecule has 2 heterocycles. The minimum atomic E-state index is -1.03. The number of aliphatic hydroxyl groups is 1. The number of nitrogens with two attached hydrogens (primary N) is 1. The lowest BCUT2D eigenvalue weighted by molar-refractivity contribution is 0.0692. The Hall–Kier alpha value is -1.80. The lowest BCUT2D eigenvalue weighted by atomic mass is 10.1. The second kappa shape index (κ2) is 7.67. The van der Waals surface area contributed by atoms with Gasteiger partial charge in [-0.15, -0.1) is 11.8 Å². The second-order valence-electron chi connectivity index (χ2n) is 7.26. The molecule has 1 aromatic heterocycles. The normalized spacial score (nSPS) is 16.3. The van der Waals surface area contributed by atoms with Gasteiger partial charge in [0.15, 0.2) is 0 Å². The summed E-state index contributed by atoms with van der Waals surface area (Å²) < 4.78 is 1.51. The zero-order chi connectivity index (χ0) is 19.8. The third kappa shape index (κ3) is 4.55. The van der Waals surface area contributed by atoms with Crippen LogP contribution in [-0.4, -0.2) is 33.5 Å². The molecule has 8 heteroatoms. The van der Waals surface area contributed by atoms with E-state index in [1.807, 2.05) is 12.1 Å². The Balaban J connectivity index is 1.99. The van der Waals surface area contributed by atoms with Crippen LogP contribution < -0.4 is 16.6 Å². The molecule has 1 aliphatic heterocycles. The van der Waals surface area contributed by atoms with Gasteiger partial charge in [-0.25, -0.2) is 0 Å². The molecule has 1 atom stereocenters.